The van der Waals surface area contributed by atoms with Gasteiger partial charge in [-0.3, -0.25) is 0 Å². The molecule has 1 aliphatic heterocycles. The summed E-state index contributed by atoms with van der Waals surface area (Å²) in [5, 5.41) is 3.00. The van der Waals surface area contributed by atoms with E-state index in [4.69, 9.17) is 0 Å². The van der Waals surface area contributed by atoms with Crippen LogP contribution in [-0.4, -0.2) is 51.6 Å². The molecule has 9 heteroatoms. The molecule has 0 radical (unpaired) electrons. The molecule has 0 aromatic heterocycles. The third kappa shape index (κ3) is 4.78. The second-order valence-corrected chi connectivity index (χ2v) is 5.77. The van der Waals surface area contributed by atoms with Gasteiger partial charge in [0.25, 0.3) is 10.2 Å². The van der Waals surface area contributed by atoms with E-state index in [0.29, 0.717) is 13.0 Å². The van der Waals surface area contributed by atoms with Crippen LogP contribution in [0.1, 0.15) is 12.8 Å². The number of nitrogens with zero attached hydrogens (tertiary/aromatic N) is 1. The Labute approximate surface area is 98.5 Å². The number of halogens is 3. The highest BCUT2D eigenvalue weighted by Gasteiger charge is 2.33. The van der Waals surface area contributed by atoms with E-state index in [-0.39, 0.29) is 6.04 Å². The maximum Gasteiger partial charge on any atom is 0.402 e. The minimum atomic E-state index is -4.54. The van der Waals surface area contributed by atoms with Crippen molar-refractivity contribution in [1.29, 1.82) is 0 Å². The molecule has 0 spiro atoms. The van der Waals surface area contributed by atoms with E-state index < -0.39 is 22.9 Å². The highest BCUT2D eigenvalue weighted by molar-refractivity contribution is 7.87. The third-order valence-corrected chi connectivity index (χ3v) is 4.18. The topological polar surface area (TPSA) is 61.4 Å². The zero-order valence-electron chi connectivity index (χ0n) is 9.42. The van der Waals surface area contributed by atoms with Gasteiger partial charge in [0, 0.05) is 19.6 Å². The fraction of sp³-hybridized carbons (Fsp3) is 1.00. The van der Waals surface area contributed by atoms with Crippen molar-refractivity contribution in [2.75, 3.05) is 26.7 Å². The Kier molecular flexibility index (Phi) is 4.76. The van der Waals surface area contributed by atoms with Gasteiger partial charge in [-0.05, 0) is 19.4 Å². The summed E-state index contributed by atoms with van der Waals surface area (Å²) in [5.74, 6) is 0. The molecule has 2 N–H and O–H groups in total. The monoisotopic (exact) mass is 275 g/mol. The second-order valence-electron chi connectivity index (χ2n) is 3.96. The summed E-state index contributed by atoms with van der Waals surface area (Å²) in [6, 6.07) is -0.297. The quantitative estimate of drug-likeness (QED) is 0.763. The average molecular weight is 275 g/mol. The lowest BCUT2D eigenvalue weighted by Gasteiger charge is -2.30. The fourth-order valence-electron chi connectivity index (χ4n) is 1.61. The van der Waals surface area contributed by atoms with Crippen molar-refractivity contribution in [3.05, 3.63) is 0 Å². The van der Waals surface area contributed by atoms with Crippen LogP contribution >= 0.6 is 0 Å². The Morgan fingerprint density at radius 3 is 2.59 bits per heavy atom. The Balaban J connectivity index is 2.56. The zero-order chi connectivity index (χ0) is 13.1. The fourth-order valence-corrected chi connectivity index (χ4v) is 2.74. The standard InChI is InChI=1S/C8H16F3N3O2S/c1-14(7-3-2-4-12-5-7)17(15,16)13-6-8(9,10)11/h7,12-13H,2-6H2,1H3. The van der Waals surface area contributed by atoms with Gasteiger partial charge in [-0.15, -0.1) is 0 Å². The van der Waals surface area contributed by atoms with Gasteiger partial charge >= 0.3 is 6.18 Å². The number of hydrogen-bond acceptors (Lipinski definition) is 3. The van der Waals surface area contributed by atoms with Gasteiger partial charge in [-0.1, -0.05) is 0 Å². The summed E-state index contributed by atoms with van der Waals surface area (Å²) in [4.78, 5) is 0. The van der Waals surface area contributed by atoms with Crippen LogP contribution < -0.4 is 10.0 Å². The van der Waals surface area contributed by atoms with Crippen LogP contribution in [0.4, 0.5) is 13.2 Å². The molecule has 0 aromatic rings. The summed E-state index contributed by atoms with van der Waals surface area (Å²) in [5.41, 5.74) is 0. The summed E-state index contributed by atoms with van der Waals surface area (Å²) in [6.45, 7) is -0.274. The first kappa shape index (κ1) is 14.7. The Bertz CT molecular complexity index is 338. The first-order valence-electron chi connectivity index (χ1n) is 5.22. The summed E-state index contributed by atoms with van der Waals surface area (Å²) < 4.78 is 61.4. The van der Waals surface area contributed by atoms with Gasteiger partial charge in [0.2, 0.25) is 0 Å². The Morgan fingerprint density at radius 2 is 2.12 bits per heavy atom. The minimum Gasteiger partial charge on any atom is -0.315 e. The second kappa shape index (κ2) is 5.51. The molecule has 102 valence electrons. The SMILES string of the molecule is CN(C1CCCNC1)S(=O)(=O)NCC(F)(F)F. The van der Waals surface area contributed by atoms with Crippen molar-refractivity contribution in [2.24, 2.45) is 0 Å². The minimum absolute atomic E-state index is 0.297. The van der Waals surface area contributed by atoms with Crippen molar-refractivity contribution in [3.63, 3.8) is 0 Å². The molecule has 1 atom stereocenters. The predicted molar refractivity (Wildman–Crippen MR) is 56.6 cm³/mol. The van der Waals surface area contributed by atoms with Crippen LogP contribution in [0, 0.1) is 0 Å². The summed E-state index contributed by atoms with van der Waals surface area (Å²) in [7, 11) is -2.78. The van der Waals surface area contributed by atoms with Gasteiger partial charge in [-0.2, -0.15) is 30.6 Å². The van der Waals surface area contributed by atoms with Crippen molar-refractivity contribution < 1.29 is 21.6 Å². The van der Waals surface area contributed by atoms with E-state index in [1.165, 1.54) is 7.05 Å². The number of hydrogen-bond donors (Lipinski definition) is 2. The van der Waals surface area contributed by atoms with E-state index in [2.05, 4.69) is 5.32 Å². The maximum atomic E-state index is 11.9. The average Bonchev–Trinajstić information content (AvgIpc) is 2.26. The first-order chi connectivity index (χ1) is 7.72. The number of rotatable bonds is 4. The van der Waals surface area contributed by atoms with Crippen molar-refractivity contribution in [1.82, 2.24) is 14.3 Å². The molecule has 0 amide bonds. The molecule has 1 fully saturated rings. The predicted octanol–water partition coefficient (Wildman–Crippen LogP) is 0.0669. The smallest absolute Gasteiger partial charge is 0.315 e. The molecule has 0 aliphatic carbocycles. The molecule has 0 saturated carbocycles. The molecule has 1 rings (SSSR count). The molecule has 17 heavy (non-hydrogen) atoms. The number of alkyl halides is 3. The van der Waals surface area contributed by atoms with E-state index in [1.807, 2.05) is 0 Å². The van der Waals surface area contributed by atoms with Crippen LogP contribution in [0.25, 0.3) is 0 Å². The number of nitrogens with one attached hydrogen (secondary N) is 2. The van der Waals surface area contributed by atoms with Gasteiger partial charge in [0.15, 0.2) is 0 Å². The lowest BCUT2D eigenvalue weighted by molar-refractivity contribution is -0.121. The van der Waals surface area contributed by atoms with Crippen LogP contribution in [0.5, 0.6) is 0 Å². The van der Waals surface area contributed by atoms with E-state index in [0.717, 1.165) is 17.3 Å². The van der Waals surface area contributed by atoms with Crippen LogP contribution in [0.2, 0.25) is 0 Å². The molecule has 5 nitrogen and oxygen atoms in total. The van der Waals surface area contributed by atoms with Gasteiger partial charge in [0.1, 0.15) is 6.54 Å². The van der Waals surface area contributed by atoms with E-state index in [9.17, 15) is 21.6 Å². The Morgan fingerprint density at radius 1 is 1.47 bits per heavy atom. The molecule has 1 aliphatic rings. The molecule has 1 saturated heterocycles. The van der Waals surface area contributed by atoms with Gasteiger partial charge in [0.05, 0.1) is 0 Å². The maximum absolute atomic E-state index is 11.9. The Hall–Kier alpha value is -0.380. The zero-order valence-corrected chi connectivity index (χ0v) is 10.2. The lowest BCUT2D eigenvalue weighted by Crippen LogP contribution is -2.51. The number of piperidine rings is 1. The largest absolute Gasteiger partial charge is 0.402 e. The molecule has 0 bridgehead atoms. The molecule has 1 unspecified atom stereocenters. The number of likely N-dealkylation sites (N-methyl/N-ethyl adjacent to an activating group) is 1. The molecular weight excluding hydrogens is 259 g/mol. The van der Waals surface area contributed by atoms with Crippen LogP contribution in [0.3, 0.4) is 0 Å². The van der Waals surface area contributed by atoms with Crippen LogP contribution in [0.15, 0.2) is 0 Å². The molecule has 0 aromatic carbocycles. The summed E-state index contributed by atoms with van der Waals surface area (Å²) in [6.07, 6.45) is -3.08. The van der Waals surface area contributed by atoms with Gasteiger partial charge in [-0.25, -0.2) is 0 Å². The third-order valence-electron chi connectivity index (χ3n) is 2.62. The van der Waals surface area contributed by atoms with E-state index in [1.54, 1.807) is 4.72 Å². The molecular formula is C8H16F3N3O2S. The normalized spacial score (nSPS) is 23.0. The van der Waals surface area contributed by atoms with Crippen molar-refractivity contribution in [3.8, 4) is 0 Å². The van der Waals surface area contributed by atoms with E-state index >= 15 is 0 Å². The lowest BCUT2D eigenvalue weighted by atomic mass is 10.1. The molecule has 1 heterocycles. The van der Waals surface area contributed by atoms with Crippen LogP contribution in [-0.2, 0) is 10.2 Å². The first-order valence-corrected chi connectivity index (χ1v) is 6.66. The van der Waals surface area contributed by atoms with Crippen molar-refractivity contribution in [2.45, 2.75) is 25.1 Å². The van der Waals surface area contributed by atoms with Gasteiger partial charge < -0.3 is 5.32 Å². The summed E-state index contributed by atoms with van der Waals surface area (Å²) >= 11 is 0. The highest BCUT2D eigenvalue weighted by Crippen LogP contribution is 2.15. The van der Waals surface area contributed by atoms with Crippen molar-refractivity contribution >= 4 is 10.2 Å². The highest BCUT2D eigenvalue weighted by atomic mass is 32.2.